The molecule has 0 radical (unpaired) electrons. The van der Waals surface area contributed by atoms with Crippen molar-refractivity contribution in [3.8, 4) is 0 Å². The van der Waals surface area contributed by atoms with E-state index in [0.717, 1.165) is 10.6 Å². The molecule has 0 saturated heterocycles. The molecule has 2 aromatic rings. The van der Waals surface area contributed by atoms with Crippen LogP contribution in [0.4, 0.5) is 0 Å². The topological polar surface area (TPSA) is 88.5 Å². The van der Waals surface area contributed by atoms with Crippen molar-refractivity contribution in [1.29, 1.82) is 0 Å². The Balaban J connectivity index is 1.50. The molecule has 3 atom stereocenters. The van der Waals surface area contributed by atoms with E-state index >= 15 is 0 Å². The zero-order chi connectivity index (χ0) is 21.0. The number of thiazole rings is 1. The Kier molecular flexibility index (Phi) is 6.70. The Bertz CT molecular complexity index is 844. The normalized spacial score (nSPS) is 21.7. The molecular weight excluding hydrogens is 388 g/mol. The number of benzene rings is 1. The Morgan fingerprint density at radius 3 is 2.66 bits per heavy atom. The maximum atomic E-state index is 12.4. The second-order valence-electron chi connectivity index (χ2n) is 8.53. The quantitative estimate of drug-likeness (QED) is 0.706. The minimum Gasteiger partial charge on any atom is -0.460 e. The summed E-state index contributed by atoms with van der Waals surface area (Å²) in [6.45, 7) is 5.79. The predicted octanol–water partition coefficient (Wildman–Crippen LogP) is 3.19. The van der Waals surface area contributed by atoms with E-state index in [1.54, 1.807) is 5.38 Å². The number of carbonyl (C=O) groups is 2. The summed E-state index contributed by atoms with van der Waals surface area (Å²) >= 11 is 1.46. The third-order valence-corrected chi connectivity index (χ3v) is 5.75. The van der Waals surface area contributed by atoms with E-state index in [1.165, 1.54) is 11.3 Å². The molecule has 0 bridgehead atoms. The highest BCUT2D eigenvalue weighted by molar-refractivity contribution is 7.09. The summed E-state index contributed by atoms with van der Waals surface area (Å²) < 4.78 is 5.42. The number of hydrogen-bond donors (Lipinski definition) is 2. The summed E-state index contributed by atoms with van der Waals surface area (Å²) in [7, 11) is 0. The zero-order valence-corrected chi connectivity index (χ0v) is 17.9. The number of ether oxygens (including phenoxy) is 1. The highest BCUT2D eigenvalue weighted by atomic mass is 32.1. The van der Waals surface area contributed by atoms with Crippen LogP contribution in [0.25, 0.3) is 0 Å². The van der Waals surface area contributed by atoms with Gasteiger partial charge < -0.3 is 15.2 Å². The van der Waals surface area contributed by atoms with Crippen LogP contribution in [0.15, 0.2) is 35.7 Å². The molecule has 156 valence electrons. The van der Waals surface area contributed by atoms with Crippen molar-refractivity contribution in [2.45, 2.75) is 51.7 Å². The number of aliphatic hydroxyl groups excluding tert-OH is 1. The van der Waals surface area contributed by atoms with Crippen LogP contribution in [0.5, 0.6) is 0 Å². The van der Waals surface area contributed by atoms with E-state index < -0.39 is 11.7 Å². The fourth-order valence-electron chi connectivity index (χ4n) is 3.48. The molecule has 0 unspecified atom stereocenters. The SMILES string of the molecule is CC(C)(C)OC(=O)[C@H]1C[C@H](CNC(=O)c2csc(Cc3ccccc3)n2)[C@H](O)C1. The van der Waals surface area contributed by atoms with Crippen molar-refractivity contribution in [3.63, 3.8) is 0 Å². The first-order chi connectivity index (χ1) is 13.7. The summed E-state index contributed by atoms with van der Waals surface area (Å²) in [4.78, 5) is 29.1. The fourth-order valence-corrected chi connectivity index (χ4v) is 4.29. The molecule has 1 amide bonds. The van der Waals surface area contributed by atoms with Gasteiger partial charge in [0.15, 0.2) is 0 Å². The molecule has 0 aliphatic heterocycles. The first-order valence-electron chi connectivity index (χ1n) is 9.89. The summed E-state index contributed by atoms with van der Waals surface area (Å²) in [6, 6.07) is 9.99. The molecule has 7 heteroatoms. The zero-order valence-electron chi connectivity index (χ0n) is 17.1. The number of nitrogens with one attached hydrogen (secondary N) is 1. The number of nitrogens with zero attached hydrogens (tertiary/aromatic N) is 1. The maximum Gasteiger partial charge on any atom is 0.309 e. The molecule has 1 aliphatic carbocycles. The van der Waals surface area contributed by atoms with Gasteiger partial charge in [0.1, 0.15) is 11.3 Å². The molecule has 1 aliphatic rings. The van der Waals surface area contributed by atoms with E-state index in [4.69, 9.17) is 4.74 Å². The third kappa shape index (κ3) is 6.11. The number of aliphatic hydroxyl groups is 1. The van der Waals surface area contributed by atoms with Gasteiger partial charge in [0, 0.05) is 24.3 Å². The van der Waals surface area contributed by atoms with E-state index in [2.05, 4.69) is 10.3 Å². The van der Waals surface area contributed by atoms with E-state index in [-0.39, 0.29) is 23.7 Å². The highest BCUT2D eigenvalue weighted by Crippen LogP contribution is 2.33. The van der Waals surface area contributed by atoms with Crippen LogP contribution in [0.2, 0.25) is 0 Å². The van der Waals surface area contributed by atoms with Gasteiger partial charge in [-0.2, -0.15) is 0 Å². The van der Waals surface area contributed by atoms with Gasteiger partial charge in [-0.05, 0) is 39.2 Å². The molecule has 6 nitrogen and oxygen atoms in total. The van der Waals surface area contributed by atoms with Gasteiger partial charge in [0.05, 0.1) is 17.0 Å². The largest absolute Gasteiger partial charge is 0.460 e. The Hall–Kier alpha value is -2.25. The van der Waals surface area contributed by atoms with Crippen molar-refractivity contribution >= 4 is 23.2 Å². The lowest BCUT2D eigenvalue weighted by Crippen LogP contribution is -2.32. The van der Waals surface area contributed by atoms with Crippen LogP contribution >= 0.6 is 11.3 Å². The molecule has 3 rings (SSSR count). The van der Waals surface area contributed by atoms with E-state index in [1.807, 2.05) is 51.1 Å². The van der Waals surface area contributed by atoms with E-state index in [0.29, 0.717) is 31.5 Å². The van der Waals surface area contributed by atoms with Gasteiger partial charge >= 0.3 is 5.97 Å². The van der Waals surface area contributed by atoms with Gasteiger partial charge in [-0.1, -0.05) is 30.3 Å². The number of amides is 1. The number of esters is 1. The Labute approximate surface area is 175 Å². The summed E-state index contributed by atoms with van der Waals surface area (Å²) in [6.07, 6.45) is 0.939. The van der Waals surface area contributed by atoms with E-state index in [9.17, 15) is 14.7 Å². The summed E-state index contributed by atoms with van der Waals surface area (Å²) in [5, 5.41) is 15.8. The maximum absolute atomic E-state index is 12.4. The highest BCUT2D eigenvalue weighted by Gasteiger charge is 2.39. The molecule has 1 aromatic carbocycles. The van der Waals surface area contributed by atoms with Crippen molar-refractivity contribution in [1.82, 2.24) is 10.3 Å². The number of hydrogen-bond acceptors (Lipinski definition) is 6. The first kappa shape index (κ1) is 21.5. The third-order valence-electron chi connectivity index (χ3n) is 4.90. The minimum absolute atomic E-state index is 0.168. The van der Waals surface area contributed by atoms with Crippen molar-refractivity contribution in [3.05, 3.63) is 52.0 Å². The predicted molar refractivity (Wildman–Crippen MR) is 112 cm³/mol. The van der Waals surface area contributed by atoms with Crippen molar-refractivity contribution < 1.29 is 19.4 Å². The van der Waals surface area contributed by atoms with Gasteiger partial charge in [0.2, 0.25) is 0 Å². The molecule has 1 aromatic heterocycles. The van der Waals surface area contributed by atoms with Crippen LogP contribution in [-0.4, -0.2) is 40.2 Å². The monoisotopic (exact) mass is 416 g/mol. The standard InChI is InChI=1S/C22H28N2O4S/c1-22(2,3)28-21(27)15-10-16(18(25)11-15)12-23-20(26)17-13-29-19(24-17)9-14-7-5-4-6-8-14/h4-8,13,15-16,18,25H,9-12H2,1-3H3,(H,23,26)/t15-,16+,18+/m0/s1. The average Bonchev–Trinajstić information content (AvgIpc) is 3.26. The van der Waals surface area contributed by atoms with Crippen LogP contribution in [-0.2, 0) is 16.0 Å². The molecule has 1 saturated carbocycles. The van der Waals surface area contributed by atoms with Crippen molar-refractivity contribution in [2.75, 3.05) is 6.54 Å². The average molecular weight is 417 g/mol. The molecule has 0 spiro atoms. The second kappa shape index (κ2) is 9.05. The van der Waals surface area contributed by atoms with Crippen LogP contribution in [0, 0.1) is 11.8 Å². The van der Waals surface area contributed by atoms with Crippen molar-refractivity contribution in [2.24, 2.45) is 11.8 Å². The second-order valence-corrected chi connectivity index (χ2v) is 9.47. The lowest BCUT2D eigenvalue weighted by atomic mass is 10.0. The van der Waals surface area contributed by atoms with Gasteiger partial charge in [-0.15, -0.1) is 11.3 Å². The van der Waals surface area contributed by atoms with Gasteiger partial charge in [-0.3, -0.25) is 9.59 Å². The fraction of sp³-hybridized carbons (Fsp3) is 0.500. The molecule has 2 N–H and O–H groups in total. The summed E-state index contributed by atoms with van der Waals surface area (Å²) in [5.41, 5.74) is 0.990. The van der Waals surface area contributed by atoms with Gasteiger partial charge in [0.25, 0.3) is 5.91 Å². The minimum atomic E-state index is -0.628. The van der Waals surface area contributed by atoms with Crippen LogP contribution < -0.4 is 5.32 Å². The molecule has 29 heavy (non-hydrogen) atoms. The Morgan fingerprint density at radius 1 is 1.24 bits per heavy atom. The smallest absolute Gasteiger partial charge is 0.309 e. The summed E-state index contributed by atoms with van der Waals surface area (Å²) in [5.74, 6) is -1.04. The first-order valence-corrected chi connectivity index (χ1v) is 10.8. The van der Waals surface area contributed by atoms with Gasteiger partial charge in [-0.25, -0.2) is 4.98 Å². The number of carbonyl (C=O) groups excluding carboxylic acids is 2. The molecular formula is C22H28N2O4S. The molecule has 1 fully saturated rings. The molecule has 1 heterocycles. The Morgan fingerprint density at radius 2 is 1.97 bits per heavy atom. The number of rotatable bonds is 6. The van der Waals surface area contributed by atoms with Crippen LogP contribution in [0.1, 0.15) is 54.7 Å². The lowest BCUT2D eigenvalue weighted by molar-refractivity contribution is -0.160. The lowest BCUT2D eigenvalue weighted by Gasteiger charge is -2.22. The number of aromatic nitrogens is 1. The van der Waals surface area contributed by atoms with Crippen LogP contribution in [0.3, 0.4) is 0 Å².